The predicted octanol–water partition coefficient (Wildman–Crippen LogP) is 2.64. The lowest BCUT2D eigenvalue weighted by molar-refractivity contribution is 0.165. The van der Waals surface area contributed by atoms with Crippen molar-refractivity contribution in [2.24, 2.45) is 0 Å². The lowest BCUT2D eigenvalue weighted by Gasteiger charge is -2.33. The maximum atomic E-state index is 4.63. The van der Waals surface area contributed by atoms with Gasteiger partial charge in [0.05, 0.1) is 0 Å². The Balaban J connectivity index is 1.67. The van der Waals surface area contributed by atoms with E-state index < -0.39 is 0 Å². The fourth-order valence-electron chi connectivity index (χ4n) is 2.84. The molecule has 1 aliphatic heterocycles. The topological polar surface area (TPSA) is 31.4 Å². The smallest absolute Gasteiger partial charge is 0.132 e. The van der Waals surface area contributed by atoms with Crippen molar-refractivity contribution in [2.75, 3.05) is 31.6 Å². The molecule has 0 unspecified atom stereocenters. The molecule has 1 saturated heterocycles. The minimum absolute atomic E-state index is 0.584. The monoisotopic (exact) mass is 296 g/mol. The van der Waals surface area contributed by atoms with Gasteiger partial charge in [-0.2, -0.15) is 0 Å². The number of benzene rings is 1. The summed E-state index contributed by atoms with van der Waals surface area (Å²) in [5.74, 6) is 0.975. The van der Waals surface area contributed by atoms with Crippen LogP contribution in [-0.2, 0) is 6.54 Å². The summed E-state index contributed by atoms with van der Waals surface area (Å²) in [7, 11) is 2.05. The molecule has 0 saturated carbocycles. The number of anilines is 2. The first-order chi connectivity index (χ1) is 10.7. The van der Waals surface area contributed by atoms with Gasteiger partial charge in [-0.3, -0.25) is 4.90 Å². The highest BCUT2D eigenvalue weighted by Crippen LogP contribution is 2.21. The van der Waals surface area contributed by atoms with Crippen LogP contribution in [0.15, 0.2) is 48.7 Å². The van der Waals surface area contributed by atoms with Crippen LogP contribution in [0.4, 0.5) is 11.5 Å². The van der Waals surface area contributed by atoms with Crippen molar-refractivity contribution >= 4 is 11.5 Å². The summed E-state index contributed by atoms with van der Waals surface area (Å²) in [6.45, 7) is 6.50. The first kappa shape index (κ1) is 15.0. The highest BCUT2D eigenvalue weighted by atomic mass is 15.2. The fourth-order valence-corrected chi connectivity index (χ4v) is 2.84. The van der Waals surface area contributed by atoms with Gasteiger partial charge in [-0.25, -0.2) is 4.98 Å². The molecule has 1 N–H and O–H groups in total. The molecule has 0 spiro atoms. The van der Waals surface area contributed by atoms with Crippen LogP contribution >= 0.6 is 0 Å². The van der Waals surface area contributed by atoms with E-state index in [4.69, 9.17) is 0 Å². The van der Waals surface area contributed by atoms with Crippen LogP contribution in [0.3, 0.4) is 0 Å². The first-order valence-corrected chi connectivity index (χ1v) is 7.92. The Labute approximate surface area is 132 Å². The van der Waals surface area contributed by atoms with Crippen LogP contribution in [0.1, 0.15) is 12.5 Å². The summed E-state index contributed by atoms with van der Waals surface area (Å²) in [4.78, 5) is 9.25. The Bertz CT molecular complexity index is 582. The SMILES string of the molecule is C[C@H]1CNCCN1Cc1ccc(N(C)c2ccccc2)nc1. The molecule has 0 aliphatic carbocycles. The van der Waals surface area contributed by atoms with Crippen molar-refractivity contribution in [3.05, 3.63) is 54.2 Å². The van der Waals surface area contributed by atoms with Crippen molar-refractivity contribution in [1.29, 1.82) is 0 Å². The molecule has 2 aromatic rings. The third-order valence-electron chi connectivity index (χ3n) is 4.32. The van der Waals surface area contributed by atoms with E-state index in [9.17, 15) is 0 Å². The first-order valence-electron chi connectivity index (χ1n) is 7.92. The number of hydrogen-bond donors (Lipinski definition) is 1. The molecule has 0 amide bonds. The van der Waals surface area contributed by atoms with Crippen LogP contribution in [-0.4, -0.2) is 42.6 Å². The largest absolute Gasteiger partial charge is 0.329 e. The summed E-state index contributed by atoms with van der Waals surface area (Å²) in [5.41, 5.74) is 2.43. The molecule has 1 aromatic carbocycles. The molecule has 1 atom stereocenters. The second kappa shape index (κ2) is 6.90. The van der Waals surface area contributed by atoms with Gasteiger partial charge in [-0.15, -0.1) is 0 Å². The van der Waals surface area contributed by atoms with E-state index in [0.717, 1.165) is 37.7 Å². The lowest BCUT2D eigenvalue weighted by atomic mass is 10.2. The zero-order chi connectivity index (χ0) is 15.4. The van der Waals surface area contributed by atoms with Crippen LogP contribution < -0.4 is 10.2 Å². The van der Waals surface area contributed by atoms with Gasteiger partial charge in [-0.1, -0.05) is 24.3 Å². The van der Waals surface area contributed by atoms with E-state index in [0.29, 0.717) is 6.04 Å². The van der Waals surface area contributed by atoms with Crippen molar-refractivity contribution < 1.29 is 0 Å². The zero-order valence-corrected chi connectivity index (χ0v) is 13.4. The predicted molar refractivity (Wildman–Crippen MR) is 91.5 cm³/mol. The van der Waals surface area contributed by atoms with Gasteiger partial charge < -0.3 is 10.2 Å². The Morgan fingerprint density at radius 2 is 2.05 bits per heavy atom. The fraction of sp³-hybridized carbons (Fsp3) is 0.389. The number of pyridine rings is 1. The van der Waals surface area contributed by atoms with Crippen molar-refractivity contribution in [2.45, 2.75) is 19.5 Å². The second-order valence-corrected chi connectivity index (χ2v) is 5.94. The van der Waals surface area contributed by atoms with Crippen molar-refractivity contribution in [3.8, 4) is 0 Å². The molecule has 1 aromatic heterocycles. The maximum Gasteiger partial charge on any atom is 0.132 e. The Morgan fingerprint density at radius 1 is 1.23 bits per heavy atom. The van der Waals surface area contributed by atoms with E-state index in [2.05, 4.69) is 58.3 Å². The highest BCUT2D eigenvalue weighted by molar-refractivity contribution is 5.58. The molecule has 4 heteroatoms. The summed E-state index contributed by atoms with van der Waals surface area (Å²) in [5, 5.41) is 3.43. The van der Waals surface area contributed by atoms with Gasteiger partial charge in [0.25, 0.3) is 0 Å². The maximum absolute atomic E-state index is 4.63. The summed E-state index contributed by atoms with van der Waals surface area (Å²) < 4.78 is 0. The zero-order valence-electron chi connectivity index (χ0n) is 13.4. The molecule has 3 rings (SSSR count). The van der Waals surface area contributed by atoms with Gasteiger partial charge in [0.1, 0.15) is 5.82 Å². The summed E-state index contributed by atoms with van der Waals surface area (Å²) >= 11 is 0. The van der Waals surface area contributed by atoms with Crippen molar-refractivity contribution in [1.82, 2.24) is 15.2 Å². The number of nitrogens with one attached hydrogen (secondary N) is 1. The number of rotatable bonds is 4. The third kappa shape index (κ3) is 3.46. The van der Waals surface area contributed by atoms with E-state index in [1.165, 1.54) is 5.56 Å². The lowest BCUT2D eigenvalue weighted by Crippen LogP contribution is -2.49. The van der Waals surface area contributed by atoms with Gasteiger partial charge in [0, 0.05) is 51.2 Å². The third-order valence-corrected chi connectivity index (χ3v) is 4.32. The molecule has 0 bridgehead atoms. The Hall–Kier alpha value is -1.91. The Kier molecular flexibility index (Phi) is 4.71. The van der Waals surface area contributed by atoms with Crippen LogP contribution in [0.5, 0.6) is 0 Å². The van der Waals surface area contributed by atoms with E-state index >= 15 is 0 Å². The molecule has 116 valence electrons. The average Bonchev–Trinajstić information content (AvgIpc) is 2.58. The molecular formula is C18H24N4. The quantitative estimate of drug-likeness (QED) is 0.940. The van der Waals surface area contributed by atoms with E-state index in [1.807, 2.05) is 24.4 Å². The standard InChI is InChI=1S/C18H24N4/c1-15-12-19-10-11-22(15)14-16-8-9-18(20-13-16)21(2)17-6-4-3-5-7-17/h3-9,13,15,19H,10-12,14H2,1-2H3/t15-/m0/s1. The average molecular weight is 296 g/mol. The molecule has 1 aliphatic rings. The van der Waals surface area contributed by atoms with Gasteiger partial charge >= 0.3 is 0 Å². The van der Waals surface area contributed by atoms with Crippen LogP contribution in [0, 0.1) is 0 Å². The minimum Gasteiger partial charge on any atom is -0.329 e. The molecule has 0 radical (unpaired) electrons. The normalized spacial score (nSPS) is 19.1. The molecule has 1 fully saturated rings. The molecule has 2 heterocycles. The molecule has 4 nitrogen and oxygen atoms in total. The molecule has 22 heavy (non-hydrogen) atoms. The number of para-hydroxylation sites is 1. The van der Waals surface area contributed by atoms with Crippen molar-refractivity contribution in [3.63, 3.8) is 0 Å². The Morgan fingerprint density at radius 3 is 2.73 bits per heavy atom. The van der Waals surface area contributed by atoms with Gasteiger partial charge in [-0.05, 0) is 30.7 Å². The number of hydrogen-bond acceptors (Lipinski definition) is 4. The summed E-state index contributed by atoms with van der Waals surface area (Å²) in [6.07, 6.45) is 2.00. The minimum atomic E-state index is 0.584. The number of piperazine rings is 1. The summed E-state index contributed by atoms with van der Waals surface area (Å²) in [6, 6.07) is 15.2. The number of nitrogens with zero attached hydrogens (tertiary/aromatic N) is 3. The molecular weight excluding hydrogens is 272 g/mol. The van der Waals surface area contributed by atoms with Crippen LogP contribution in [0.2, 0.25) is 0 Å². The number of aromatic nitrogens is 1. The van der Waals surface area contributed by atoms with Crippen LogP contribution in [0.25, 0.3) is 0 Å². The van der Waals surface area contributed by atoms with E-state index in [-0.39, 0.29) is 0 Å². The highest BCUT2D eigenvalue weighted by Gasteiger charge is 2.17. The van der Waals surface area contributed by atoms with Gasteiger partial charge in [0.2, 0.25) is 0 Å². The van der Waals surface area contributed by atoms with Gasteiger partial charge in [0.15, 0.2) is 0 Å². The second-order valence-electron chi connectivity index (χ2n) is 5.94. The van der Waals surface area contributed by atoms with E-state index in [1.54, 1.807) is 0 Å².